The van der Waals surface area contributed by atoms with Crippen LogP contribution in [0.1, 0.15) is 25.7 Å². The van der Waals surface area contributed by atoms with E-state index in [0.29, 0.717) is 5.92 Å². The Morgan fingerprint density at radius 1 is 1.26 bits per heavy atom. The summed E-state index contributed by atoms with van der Waals surface area (Å²) >= 11 is 5.86. The van der Waals surface area contributed by atoms with E-state index in [2.05, 4.69) is 4.90 Å². The van der Waals surface area contributed by atoms with Crippen molar-refractivity contribution < 1.29 is 28.8 Å². The summed E-state index contributed by atoms with van der Waals surface area (Å²) in [5.41, 5.74) is 1.19. The van der Waals surface area contributed by atoms with Crippen molar-refractivity contribution in [1.29, 1.82) is 0 Å². The molecule has 0 atom stereocenters. The number of piperidine rings is 1. The number of carbonyl (C=O) groups is 1. The Kier molecular flexibility index (Phi) is 6.78. The fraction of sp³-hybridized carbons (Fsp3) is 0.500. The van der Waals surface area contributed by atoms with Crippen LogP contribution in [0.15, 0.2) is 24.3 Å². The van der Waals surface area contributed by atoms with Gasteiger partial charge in [0.05, 0.1) is 0 Å². The molecule has 1 aliphatic heterocycles. The number of hydrogen-bond acceptors (Lipinski definition) is 3. The van der Waals surface area contributed by atoms with Gasteiger partial charge in [0.25, 0.3) is 0 Å². The summed E-state index contributed by atoms with van der Waals surface area (Å²) in [7, 11) is 0. The van der Waals surface area contributed by atoms with E-state index in [-0.39, 0.29) is 25.3 Å². The number of aliphatic carboxylic acids is 1. The first-order chi connectivity index (χ1) is 8.65. The van der Waals surface area contributed by atoms with Gasteiger partial charge in [0, 0.05) is 29.8 Å². The van der Waals surface area contributed by atoms with Crippen molar-refractivity contribution in [3.8, 4) is 0 Å². The second-order valence-corrected chi connectivity index (χ2v) is 5.25. The molecule has 2 rings (SSSR count). The number of anilines is 1. The zero-order valence-electron chi connectivity index (χ0n) is 11.3. The van der Waals surface area contributed by atoms with E-state index < -0.39 is 5.97 Å². The summed E-state index contributed by atoms with van der Waals surface area (Å²) in [6.45, 7) is 1.97. The van der Waals surface area contributed by atoms with Gasteiger partial charge in [0.2, 0.25) is 0 Å². The molecule has 0 amide bonds. The van der Waals surface area contributed by atoms with Crippen LogP contribution in [0.2, 0.25) is 5.02 Å². The topological polar surface area (TPSA) is 43.4 Å². The van der Waals surface area contributed by atoms with Gasteiger partial charge >= 0.3 is 18.9 Å². The molecule has 1 aliphatic rings. The van der Waals surface area contributed by atoms with Crippen LogP contribution in [0.25, 0.3) is 0 Å². The van der Waals surface area contributed by atoms with Crippen molar-refractivity contribution in [3.05, 3.63) is 29.3 Å². The quantitative estimate of drug-likeness (QED) is 0.667. The van der Waals surface area contributed by atoms with Gasteiger partial charge in [-0.25, -0.2) is 0 Å². The third kappa shape index (κ3) is 5.10. The van der Waals surface area contributed by atoms with Crippen LogP contribution < -0.4 is 28.9 Å². The third-order valence-electron chi connectivity index (χ3n) is 3.56. The summed E-state index contributed by atoms with van der Waals surface area (Å²) < 4.78 is 0. The van der Waals surface area contributed by atoms with Gasteiger partial charge in [-0.1, -0.05) is 11.6 Å². The summed E-state index contributed by atoms with van der Waals surface area (Å²) in [6, 6.07) is 7.87. The molecule has 0 unspecified atom stereocenters. The summed E-state index contributed by atoms with van der Waals surface area (Å²) in [5.74, 6) is -0.415. The molecule has 1 aromatic rings. The molecule has 0 radical (unpaired) electrons. The second-order valence-electron chi connectivity index (χ2n) is 4.82. The zero-order valence-corrected chi connectivity index (χ0v) is 12.0. The van der Waals surface area contributed by atoms with Crippen LogP contribution in [-0.2, 0) is 4.79 Å². The third-order valence-corrected chi connectivity index (χ3v) is 3.81. The van der Waals surface area contributed by atoms with Gasteiger partial charge < -0.3 is 14.8 Å². The number of rotatable bonds is 4. The van der Waals surface area contributed by atoms with Crippen molar-refractivity contribution in [3.63, 3.8) is 0 Å². The van der Waals surface area contributed by atoms with E-state index >= 15 is 0 Å². The smallest absolute Gasteiger partial charge is 0.550 e. The Morgan fingerprint density at radius 3 is 2.37 bits per heavy atom. The molecule has 5 heteroatoms. The zero-order chi connectivity index (χ0) is 13.0. The molecule has 0 spiro atoms. The van der Waals surface area contributed by atoms with Crippen molar-refractivity contribution in [2.24, 2.45) is 5.92 Å². The number of carboxylic acids is 1. The van der Waals surface area contributed by atoms with Crippen molar-refractivity contribution in [1.82, 2.24) is 0 Å². The molecule has 98 valence electrons. The van der Waals surface area contributed by atoms with Gasteiger partial charge in [-0.15, -0.1) is 0 Å². The Hall–Kier alpha value is -0.623. The van der Waals surface area contributed by atoms with Gasteiger partial charge in [-0.2, -0.15) is 0 Å². The minimum Gasteiger partial charge on any atom is -0.550 e. The van der Waals surface area contributed by atoms with Gasteiger partial charge in [0.15, 0.2) is 0 Å². The van der Waals surface area contributed by atoms with Crippen LogP contribution in [0, 0.1) is 5.92 Å². The molecule has 1 fully saturated rings. The van der Waals surface area contributed by atoms with Gasteiger partial charge in [-0.3, -0.25) is 0 Å². The molecule has 0 bridgehead atoms. The van der Waals surface area contributed by atoms with Crippen LogP contribution in [0.3, 0.4) is 0 Å². The molecular weight excluding hydrogens is 257 g/mol. The Bertz CT molecular complexity index is 402. The maximum atomic E-state index is 10.4. The number of carbonyl (C=O) groups excluding carboxylic acids is 1. The van der Waals surface area contributed by atoms with E-state index in [1.807, 2.05) is 24.3 Å². The van der Waals surface area contributed by atoms with Gasteiger partial charge in [0.1, 0.15) is 0 Å². The molecule has 0 saturated carbocycles. The fourth-order valence-corrected chi connectivity index (χ4v) is 2.58. The largest absolute Gasteiger partial charge is 1.00 e. The molecule has 19 heavy (non-hydrogen) atoms. The molecule has 0 aliphatic carbocycles. The van der Waals surface area contributed by atoms with Crippen LogP contribution >= 0.6 is 11.6 Å². The van der Waals surface area contributed by atoms with Crippen LogP contribution in [0.5, 0.6) is 0 Å². The number of hydrogen-bond donors (Lipinski definition) is 0. The molecule has 1 heterocycles. The molecular formula is C14H17ClLiNO2. The summed E-state index contributed by atoms with van der Waals surface area (Å²) in [6.07, 6.45) is 3.04. The van der Waals surface area contributed by atoms with E-state index in [0.717, 1.165) is 37.4 Å². The number of halogens is 1. The molecule has 1 aromatic carbocycles. The normalized spacial score (nSPS) is 15.9. The van der Waals surface area contributed by atoms with E-state index in [1.165, 1.54) is 5.69 Å². The van der Waals surface area contributed by atoms with E-state index in [1.54, 1.807) is 0 Å². The SMILES string of the molecule is O=C([O-])CCC1CCN(c2ccc(Cl)cc2)CC1.[Li+]. The van der Waals surface area contributed by atoms with Gasteiger partial charge in [-0.05, 0) is 55.9 Å². The van der Waals surface area contributed by atoms with Crippen LogP contribution in [-0.4, -0.2) is 19.1 Å². The summed E-state index contributed by atoms with van der Waals surface area (Å²) in [5, 5.41) is 11.2. The van der Waals surface area contributed by atoms with E-state index in [9.17, 15) is 9.90 Å². The van der Waals surface area contributed by atoms with Crippen molar-refractivity contribution in [2.75, 3.05) is 18.0 Å². The second kappa shape index (κ2) is 7.84. The predicted molar refractivity (Wildman–Crippen MR) is 70.6 cm³/mol. The first-order valence-corrected chi connectivity index (χ1v) is 6.73. The Balaban J connectivity index is 0.00000180. The molecule has 0 aromatic heterocycles. The average molecular weight is 274 g/mol. The standard InChI is InChI=1S/C14H18ClNO2.Li/c15-12-2-4-13(5-3-12)16-9-7-11(8-10-16)1-6-14(17)18;/h2-5,11H,1,6-10H2,(H,17,18);/q;+1/p-1. The molecule has 0 N–H and O–H groups in total. The van der Waals surface area contributed by atoms with Crippen molar-refractivity contribution >= 4 is 23.3 Å². The minimum absolute atomic E-state index is 0. The van der Waals surface area contributed by atoms with E-state index in [4.69, 9.17) is 11.6 Å². The maximum Gasteiger partial charge on any atom is 1.00 e. The predicted octanol–water partition coefficient (Wildman–Crippen LogP) is -0.909. The maximum absolute atomic E-state index is 10.4. The fourth-order valence-electron chi connectivity index (χ4n) is 2.45. The number of carboxylic acid groups (broad SMARTS) is 1. The number of benzene rings is 1. The minimum atomic E-state index is -0.935. The first kappa shape index (κ1) is 16.4. The first-order valence-electron chi connectivity index (χ1n) is 6.35. The molecule has 3 nitrogen and oxygen atoms in total. The monoisotopic (exact) mass is 273 g/mol. The van der Waals surface area contributed by atoms with Crippen LogP contribution in [0.4, 0.5) is 5.69 Å². The summed E-state index contributed by atoms with van der Waals surface area (Å²) in [4.78, 5) is 12.8. The Morgan fingerprint density at radius 2 is 1.84 bits per heavy atom. The average Bonchev–Trinajstić information content (AvgIpc) is 2.38. The number of nitrogens with zero attached hydrogens (tertiary/aromatic N) is 1. The Labute approximate surface area is 131 Å². The molecule has 1 saturated heterocycles. The van der Waals surface area contributed by atoms with Crippen molar-refractivity contribution in [2.45, 2.75) is 25.7 Å².